The van der Waals surface area contributed by atoms with Crippen LogP contribution in [-0.2, 0) is 4.79 Å². The Labute approximate surface area is 181 Å². The van der Waals surface area contributed by atoms with Gasteiger partial charge in [-0.25, -0.2) is 0 Å². The maximum Gasteiger partial charge on any atom is 0.304 e. The lowest BCUT2D eigenvalue weighted by atomic mass is 9.96. The van der Waals surface area contributed by atoms with Crippen LogP contribution in [0, 0.1) is 13.8 Å². The van der Waals surface area contributed by atoms with Crippen molar-refractivity contribution in [2.24, 2.45) is 0 Å². The summed E-state index contributed by atoms with van der Waals surface area (Å²) in [6.45, 7) is 4.98. The maximum absolute atomic E-state index is 11.1. The molecule has 5 nitrogen and oxygen atoms in total. The predicted molar refractivity (Wildman–Crippen MR) is 117 cm³/mol. The van der Waals surface area contributed by atoms with E-state index in [1.54, 1.807) is 0 Å². The molecule has 3 aromatic carbocycles. The third-order valence-electron chi connectivity index (χ3n) is 5.85. The molecule has 0 bridgehead atoms. The Bertz CT molecular complexity index is 1150. The molecule has 2 aliphatic rings. The first kappa shape index (κ1) is 19.5. The van der Waals surface area contributed by atoms with Gasteiger partial charge < -0.3 is 19.3 Å². The van der Waals surface area contributed by atoms with Crippen molar-refractivity contribution >= 4 is 5.97 Å². The number of aryl methyl sites for hydroxylation is 2. The highest BCUT2D eigenvalue weighted by molar-refractivity contribution is 5.69. The van der Waals surface area contributed by atoms with E-state index in [-0.39, 0.29) is 18.4 Å². The Balaban J connectivity index is 1.41. The Hall–Kier alpha value is -3.47. The Morgan fingerprint density at radius 3 is 2.45 bits per heavy atom. The fourth-order valence-corrected chi connectivity index (χ4v) is 4.44. The normalized spacial score (nSPS) is 18.9. The van der Waals surface area contributed by atoms with Gasteiger partial charge in [-0.3, -0.25) is 4.79 Å². The van der Waals surface area contributed by atoms with E-state index in [0.717, 1.165) is 16.7 Å². The van der Waals surface area contributed by atoms with Gasteiger partial charge in [0.05, 0.1) is 13.0 Å². The van der Waals surface area contributed by atoms with E-state index < -0.39 is 5.97 Å². The first-order valence-corrected chi connectivity index (χ1v) is 10.5. The van der Waals surface area contributed by atoms with Crippen LogP contribution in [0.4, 0.5) is 0 Å². The van der Waals surface area contributed by atoms with Gasteiger partial charge in [0.15, 0.2) is 17.6 Å². The molecule has 1 N–H and O–H groups in total. The topological polar surface area (TPSA) is 65.0 Å². The van der Waals surface area contributed by atoms with E-state index in [1.165, 1.54) is 16.7 Å². The van der Waals surface area contributed by atoms with Crippen molar-refractivity contribution in [1.82, 2.24) is 0 Å². The van der Waals surface area contributed by atoms with Crippen LogP contribution in [0.5, 0.6) is 17.2 Å². The number of fused-ring (bicyclic) bond motifs is 2. The van der Waals surface area contributed by atoms with Crippen molar-refractivity contribution < 1.29 is 24.1 Å². The van der Waals surface area contributed by atoms with Crippen molar-refractivity contribution in [3.63, 3.8) is 0 Å². The molecule has 0 saturated heterocycles. The zero-order valence-corrected chi connectivity index (χ0v) is 17.6. The maximum atomic E-state index is 11.1. The quantitative estimate of drug-likeness (QED) is 0.614. The minimum atomic E-state index is -0.833. The lowest BCUT2D eigenvalue weighted by Gasteiger charge is -2.27. The summed E-state index contributed by atoms with van der Waals surface area (Å²) in [5.74, 6) is 0.955. The molecule has 0 amide bonds. The number of ether oxygens (including phenoxy) is 3. The fourth-order valence-electron chi connectivity index (χ4n) is 4.44. The molecule has 0 aromatic heterocycles. The average Bonchev–Trinajstić information content (AvgIpc) is 3.12. The van der Waals surface area contributed by atoms with E-state index in [4.69, 9.17) is 19.3 Å². The van der Waals surface area contributed by atoms with Crippen LogP contribution in [0.2, 0.25) is 0 Å². The molecule has 0 aliphatic carbocycles. The number of carbonyl (C=O) groups is 1. The number of aliphatic carboxylic acids is 1. The summed E-state index contributed by atoms with van der Waals surface area (Å²) in [7, 11) is 0. The van der Waals surface area contributed by atoms with Gasteiger partial charge in [0.25, 0.3) is 0 Å². The summed E-state index contributed by atoms with van der Waals surface area (Å²) in [5, 5.41) is 9.12. The molecule has 0 radical (unpaired) electrons. The summed E-state index contributed by atoms with van der Waals surface area (Å²) in [5.41, 5.74) is 6.73. The van der Waals surface area contributed by atoms with Crippen LogP contribution in [0.1, 0.15) is 40.7 Å². The summed E-state index contributed by atoms with van der Waals surface area (Å²) in [6.07, 6.45) is -0.187. The van der Waals surface area contributed by atoms with Gasteiger partial charge in [0.2, 0.25) is 0 Å². The smallest absolute Gasteiger partial charge is 0.304 e. The van der Waals surface area contributed by atoms with Crippen LogP contribution in [0.15, 0.2) is 54.6 Å². The SMILES string of the molecule is Cc1cc(C)cc(-c2cccc(C3COc4cc5c(cc4O3)OC[C@H]5CC(=O)O)c2)c1. The standard InChI is InChI=1S/C26H24O5/c1-15-6-16(2)8-19(7-15)17-4-3-5-18(9-17)25-14-30-23-11-21-20(10-26(27)28)13-29-22(21)12-24(23)31-25/h3-9,11-12,20,25H,10,13-14H2,1-2H3,(H,27,28)/t20-,25?/m1/s1. The van der Waals surface area contributed by atoms with Gasteiger partial charge in [0, 0.05) is 17.5 Å². The molecule has 3 aromatic rings. The van der Waals surface area contributed by atoms with Crippen LogP contribution >= 0.6 is 0 Å². The first-order valence-electron chi connectivity index (χ1n) is 10.5. The summed E-state index contributed by atoms with van der Waals surface area (Å²) in [4.78, 5) is 11.1. The number of hydrogen-bond acceptors (Lipinski definition) is 4. The zero-order valence-electron chi connectivity index (χ0n) is 17.6. The van der Waals surface area contributed by atoms with Gasteiger partial charge in [-0.15, -0.1) is 0 Å². The molecule has 5 rings (SSSR count). The largest absolute Gasteiger partial charge is 0.492 e. The first-order chi connectivity index (χ1) is 15.0. The van der Waals surface area contributed by atoms with Gasteiger partial charge in [0.1, 0.15) is 12.4 Å². The van der Waals surface area contributed by atoms with Crippen molar-refractivity contribution in [3.8, 4) is 28.4 Å². The van der Waals surface area contributed by atoms with Gasteiger partial charge in [-0.2, -0.15) is 0 Å². The highest BCUT2D eigenvalue weighted by Gasteiger charge is 2.31. The third kappa shape index (κ3) is 3.83. The fraction of sp³-hybridized carbons (Fsp3) is 0.269. The highest BCUT2D eigenvalue weighted by Crippen LogP contribution is 2.46. The van der Waals surface area contributed by atoms with Gasteiger partial charge in [-0.05, 0) is 42.7 Å². The van der Waals surface area contributed by atoms with E-state index in [1.807, 2.05) is 18.2 Å². The van der Waals surface area contributed by atoms with E-state index >= 15 is 0 Å². The van der Waals surface area contributed by atoms with Crippen molar-refractivity contribution in [2.75, 3.05) is 13.2 Å². The van der Waals surface area contributed by atoms with Crippen molar-refractivity contribution in [1.29, 1.82) is 0 Å². The van der Waals surface area contributed by atoms with E-state index in [2.05, 4.69) is 50.2 Å². The molecule has 31 heavy (non-hydrogen) atoms. The molecule has 2 aliphatic heterocycles. The summed E-state index contributed by atoms with van der Waals surface area (Å²) >= 11 is 0. The minimum absolute atomic E-state index is 0.0422. The summed E-state index contributed by atoms with van der Waals surface area (Å²) < 4.78 is 18.0. The zero-order chi connectivity index (χ0) is 21.5. The second-order valence-electron chi connectivity index (χ2n) is 8.36. The third-order valence-corrected chi connectivity index (χ3v) is 5.85. The van der Waals surface area contributed by atoms with Crippen LogP contribution in [0.3, 0.4) is 0 Å². The molecule has 0 spiro atoms. The molecule has 158 valence electrons. The van der Waals surface area contributed by atoms with Crippen molar-refractivity contribution in [2.45, 2.75) is 32.3 Å². The number of benzene rings is 3. The minimum Gasteiger partial charge on any atom is -0.492 e. The second-order valence-corrected chi connectivity index (χ2v) is 8.36. The molecule has 0 fully saturated rings. The molecule has 5 heteroatoms. The van der Waals surface area contributed by atoms with Crippen LogP contribution in [-0.4, -0.2) is 24.3 Å². The predicted octanol–water partition coefficient (Wildman–Crippen LogP) is 5.43. The Morgan fingerprint density at radius 2 is 1.68 bits per heavy atom. The number of hydrogen-bond donors (Lipinski definition) is 1. The molecule has 0 saturated carbocycles. The molecular formula is C26H24O5. The lowest BCUT2D eigenvalue weighted by Crippen LogP contribution is -2.21. The molecule has 1 unspecified atom stereocenters. The van der Waals surface area contributed by atoms with Crippen molar-refractivity contribution in [3.05, 3.63) is 76.9 Å². The molecule has 2 heterocycles. The second kappa shape index (κ2) is 7.65. The molecular weight excluding hydrogens is 392 g/mol. The number of carboxylic acid groups (broad SMARTS) is 1. The number of carboxylic acids is 1. The van der Waals surface area contributed by atoms with E-state index in [9.17, 15) is 4.79 Å². The summed E-state index contributed by atoms with van der Waals surface area (Å²) in [6, 6.07) is 18.6. The Kier molecular flexibility index (Phi) is 4.81. The lowest BCUT2D eigenvalue weighted by molar-refractivity contribution is -0.137. The van der Waals surface area contributed by atoms with Crippen LogP contribution < -0.4 is 14.2 Å². The van der Waals surface area contributed by atoms with Gasteiger partial charge >= 0.3 is 5.97 Å². The van der Waals surface area contributed by atoms with E-state index in [0.29, 0.717) is 30.5 Å². The number of rotatable bonds is 4. The monoisotopic (exact) mass is 416 g/mol. The molecule has 2 atom stereocenters. The highest BCUT2D eigenvalue weighted by atomic mass is 16.6. The van der Waals surface area contributed by atoms with Crippen LogP contribution in [0.25, 0.3) is 11.1 Å². The van der Waals surface area contributed by atoms with Gasteiger partial charge in [-0.1, -0.05) is 47.5 Å². The average molecular weight is 416 g/mol. The Morgan fingerprint density at radius 1 is 0.903 bits per heavy atom.